The lowest BCUT2D eigenvalue weighted by Gasteiger charge is -2.19. The number of nitrogens with one attached hydrogen (secondary N) is 1. The fourth-order valence-electron chi connectivity index (χ4n) is 2.79. The van der Waals surface area contributed by atoms with E-state index in [4.69, 9.17) is 4.43 Å². The van der Waals surface area contributed by atoms with Crippen LogP contribution in [0.25, 0.3) is 0 Å². The summed E-state index contributed by atoms with van der Waals surface area (Å²) in [5.41, 5.74) is 1.38. The van der Waals surface area contributed by atoms with E-state index in [1.165, 1.54) is 63.0 Å². The maximum atomic E-state index is 5.59. The van der Waals surface area contributed by atoms with Crippen LogP contribution in [0.4, 0.5) is 0 Å². The second-order valence-electron chi connectivity index (χ2n) is 7.20. The Morgan fingerprint density at radius 2 is 1.39 bits per heavy atom. The van der Waals surface area contributed by atoms with Crippen LogP contribution in [-0.2, 0) is 11.0 Å². The van der Waals surface area contributed by atoms with E-state index >= 15 is 0 Å². The molecule has 1 rings (SSSR count). The molecular weight excluding hydrogens is 298 g/mol. The normalized spacial score (nSPS) is 11.8. The first-order valence-electron chi connectivity index (χ1n) is 9.44. The van der Waals surface area contributed by atoms with Gasteiger partial charge >= 0.3 is 0 Å². The van der Waals surface area contributed by atoms with Gasteiger partial charge in [-0.3, -0.25) is 0 Å². The molecule has 2 nitrogen and oxygen atoms in total. The molecule has 0 aliphatic carbocycles. The molecular formula is C20H37NOSi. The third-order valence-electron chi connectivity index (χ3n) is 4.61. The quantitative estimate of drug-likeness (QED) is 0.345. The molecule has 0 spiro atoms. The Kier molecular flexibility index (Phi) is 11.3. The molecule has 0 aliphatic rings. The van der Waals surface area contributed by atoms with E-state index in [1.807, 2.05) is 7.11 Å². The van der Waals surface area contributed by atoms with Crippen LogP contribution in [0.3, 0.4) is 0 Å². The van der Waals surface area contributed by atoms with Crippen molar-refractivity contribution in [2.24, 2.45) is 0 Å². The van der Waals surface area contributed by atoms with Crippen LogP contribution in [0.5, 0.6) is 0 Å². The van der Waals surface area contributed by atoms with E-state index < -0.39 is 8.32 Å². The second kappa shape index (κ2) is 12.7. The molecule has 0 saturated heterocycles. The van der Waals surface area contributed by atoms with Gasteiger partial charge in [0.25, 0.3) is 0 Å². The van der Waals surface area contributed by atoms with Crippen LogP contribution in [0, 0.1) is 0 Å². The van der Waals surface area contributed by atoms with Crippen LogP contribution in [0.2, 0.25) is 19.1 Å². The zero-order chi connectivity index (χ0) is 16.8. The highest BCUT2D eigenvalue weighted by molar-refractivity contribution is 6.71. The zero-order valence-electron chi connectivity index (χ0n) is 15.6. The fourth-order valence-corrected chi connectivity index (χ4v) is 4.10. The summed E-state index contributed by atoms with van der Waals surface area (Å²) >= 11 is 0. The molecule has 0 aliphatic heterocycles. The zero-order valence-corrected chi connectivity index (χ0v) is 16.6. The minimum Gasteiger partial charge on any atom is -0.420 e. The summed E-state index contributed by atoms with van der Waals surface area (Å²) < 4.78 is 5.59. The molecule has 1 N–H and O–H groups in total. The van der Waals surface area contributed by atoms with Crippen LogP contribution in [-0.4, -0.2) is 22.0 Å². The van der Waals surface area contributed by atoms with Gasteiger partial charge in [-0.25, -0.2) is 0 Å². The van der Waals surface area contributed by atoms with Gasteiger partial charge in [-0.1, -0.05) is 75.3 Å². The molecule has 3 heteroatoms. The molecule has 1 aromatic carbocycles. The van der Waals surface area contributed by atoms with Crippen LogP contribution in [0.1, 0.15) is 56.9 Å². The van der Waals surface area contributed by atoms with Crippen molar-refractivity contribution in [1.82, 2.24) is 5.32 Å². The van der Waals surface area contributed by atoms with E-state index in [0.717, 1.165) is 13.1 Å². The lowest BCUT2D eigenvalue weighted by molar-refractivity contribution is 0.400. The summed E-state index contributed by atoms with van der Waals surface area (Å²) in [6.07, 6.45) is 11.0. The van der Waals surface area contributed by atoms with Crippen molar-refractivity contribution in [2.45, 2.75) is 77.0 Å². The maximum Gasteiger partial charge on any atom is 0.186 e. The van der Waals surface area contributed by atoms with Crippen molar-refractivity contribution in [3.63, 3.8) is 0 Å². The van der Waals surface area contributed by atoms with E-state index in [-0.39, 0.29) is 0 Å². The van der Waals surface area contributed by atoms with E-state index in [2.05, 4.69) is 48.7 Å². The first-order chi connectivity index (χ1) is 11.1. The molecule has 0 heterocycles. The number of hydrogen-bond acceptors (Lipinski definition) is 2. The van der Waals surface area contributed by atoms with Gasteiger partial charge in [0.1, 0.15) is 0 Å². The predicted octanol–water partition coefficient (Wildman–Crippen LogP) is 5.75. The highest BCUT2D eigenvalue weighted by Gasteiger charge is 2.18. The summed E-state index contributed by atoms with van der Waals surface area (Å²) in [4.78, 5) is 0. The van der Waals surface area contributed by atoms with Crippen molar-refractivity contribution in [3.05, 3.63) is 35.9 Å². The number of benzene rings is 1. The fraction of sp³-hybridized carbons (Fsp3) is 0.700. The molecule has 1 aromatic rings. The smallest absolute Gasteiger partial charge is 0.186 e. The Labute approximate surface area is 145 Å². The van der Waals surface area contributed by atoms with E-state index in [9.17, 15) is 0 Å². The first-order valence-corrected chi connectivity index (χ1v) is 12.6. The molecule has 0 aromatic heterocycles. The van der Waals surface area contributed by atoms with Crippen LogP contribution in [0.15, 0.2) is 30.3 Å². The lowest BCUT2D eigenvalue weighted by Crippen LogP contribution is -2.27. The molecule has 0 amide bonds. The van der Waals surface area contributed by atoms with Gasteiger partial charge in [0.05, 0.1) is 0 Å². The maximum absolute atomic E-state index is 5.59. The summed E-state index contributed by atoms with van der Waals surface area (Å²) in [5.74, 6) is 0. The Morgan fingerprint density at radius 3 is 2.00 bits per heavy atom. The largest absolute Gasteiger partial charge is 0.420 e. The lowest BCUT2D eigenvalue weighted by atomic mass is 10.1. The summed E-state index contributed by atoms with van der Waals surface area (Å²) in [7, 11) is 0.573. The Morgan fingerprint density at radius 1 is 0.826 bits per heavy atom. The van der Waals surface area contributed by atoms with Crippen LogP contribution < -0.4 is 5.32 Å². The minimum absolute atomic E-state index is 1.00. The molecule has 0 unspecified atom stereocenters. The van der Waals surface area contributed by atoms with Crippen molar-refractivity contribution in [2.75, 3.05) is 13.7 Å². The average molecular weight is 336 g/mol. The summed E-state index contributed by atoms with van der Waals surface area (Å²) in [6.45, 7) is 6.78. The summed E-state index contributed by atoms with van der Waals surface area (Å²) in [6, 6.07) is 12.0. The number of rotatable bonds is 14. The Hall–Kier alpha value is -0.643. The average Bonchev–Trinajstić information content (AvgIpc) is 2.57. The highest BCUT2D eigenvalue weighted by Crippen LogP contribution is 2.16. The molecule has 0 radical (unpaired) electrons. The van der Waals surface area contributed by atoms with Crippen molar-refractivity contribution < 1.29 is 4.43 Å². The van der Waals surface area contributed by atoms with E-state index in [1.54, 1.807) is 0 Å². The monoisotopic (exact) mass is 335 g/mol. The third-order valence-corrected chi connectivity index (χ3v) is 7.27. The van der Waals surface area contributed by atoms with Gasteiger partial charge in [0.15, 0.2) is 8.32 Å². The molecule has 0 bridgehead atoms. The standard InChI is InChI=1S/C20H37NOSi/c1-22-23(2,3)18-14-9-7-5-4-6-8-13-17-21-19-20-15-11-10-12-16-20/h10-12,15-16,21H,4-9,13-14,17-19H2,1-3H3. The van der Waals surface area contributed by atoms with Gasteiger partial charge in [-0.05, 0) is 37.7 Å². The predicted molar refractivity (Wildman–Crippen MR) is 104 cm³/mol. The SMILES string of the molecule is CO[Si](C)(C)CCCCCCCCCCNCc1ccccc1. The second-order valence-corrected chi connectivity index (χ2v) is 11.6. The topological polar surface area (TPSA) is 21.3 Å². The van der Waals surface area contributed by atoms with Gasteiger partial charge < -0.3 is 9.74 Å². The van der Waals surface area contributed by atoms with Crippen molar-refractivity contribution >= 4 is 8.32 Å². The molecule has 0 fully saturated rings. The van der Waals surface area contributed by atoms with Gasteiger partial charge in [0, 0.05) is 13.7 Å². The number of hydrogen-bond donors (Lipinski definition) is 1. The van der Waals surface area contributed by atoms with E-state index in [0.29, 0.717) is 0 Å². The highest BCUT2D eigenvalue weighted by atomic mass is 28.4. The van der Waals surface area contributed by atoms with Crippen molar-refractivity contribution in [1.29, 1.82) is 0 Å². The third kappa shape index (κ3) is 11.5. The molecule has 132 valence electrons. The van der Waals surface area contributed by atoms with Crippen molar-refractivity contribution in [3.8, 4) is 0 Å². The van der Waals surface area contributed by atoms with Gasteiger partial charge in [-0.15, -0.1) is 0 Å². The van der Waals surface area contributed by atoms with Crippen LogP contribution >= 0.6 is 0 Å². The molecule has 23 heavy (non-hydrogen) atoms. The minimum atomic E-state index is -1.30. The Bertz CT molecular complexity index is 380. The molecule has 0 atom stereocenters. The van der Waals surface area contributed by atoms with Gasteiger partial charge in [0.2, 0.25) is 0 Å². The Balaban J connectivity index is 1.80. The number of unbranched alkanes of at least 4 members (excludes halogenated alkanes) is 7. The van der Waals surface area contributed by atoms with Gasteiger partial charge in [-0.2, -0.15) is 0 Å². The molecule has 0 saturated carbocycles. The first kappa shape index (κ1) is 20.4. The summed E-state index contributed by atoms with van der Waals surface area (Å²) in [5, 5.41) is 3.53.